The molecular formula is C7H2Br2ClF2NO. The highest BCUT2D eigenvalue weighted by Crippen LogP contribution is 2.34. The molecule has 0 unspecified atom stereocenters. The molecule has 0 fully saturated rings. The highest BCUT2D eigenvalue weighted by Gasteiger charge is 2.19. The van der Waals surface area contributed by atoms with Gasteiger partial charge in [-0.05, 0) is 43.5 Å². The van der Waals surface area contributed by atoms with Crippen LogP contribution < -0.4 is 0 Å². The van der Waals surface area contributed by atoms with Gasteiger partial charge < -0.3 is 0 Å². The first-order chi connectivity index (χ1) is 6.45. The van der Waals surface area contributed by atoms with Gasteiger partial charge in [-0.25, -0.2) is 13.8 Å². The maximum absolute atomic E-state index is 12.3. The molecule has 1 rings (SSSR count). The average molecular weight is 349 g/mol. The molecular weight excluding hydrogens is 347 g/mol. The molecule has 1 heterocycles. The molecule has 0 atom stereocenters. The van der Waals surface area contributed by atoms with E-state index in [1.165, 1.54) is 0 Å². The zero-order chi connectivity index (χ0) is 10.9. The first kappa shape index (κ1) is 12.0. The van der Waals surface area contributed by atoms with Gasteiger partial charge in [0.05, 0.1) is 10.0 Å². The summed E-state index contributed by atoms with van der Waals surface area (Å²) in [6.45, 7) is 0. The van der Waals surface area contributed by atoms with Crippen LogP contribution in [0.15, 0.2) is 15.1 Å². The van der Waals surface area contributed by atoms with Gasteiger partial charge in [-0.2, -0.15) is 0 Å². The second-order valence-electron chi connectivity index (χ2n) is 2.26. The molecule has 0 spiro atoms. The molecule has 76 valence electrons. The van der Waals surface area contributed by atoms with Crippen molar-refractivity contribution < 1.29 is 13.6 Å². The molecule has 0 bridgehead atoms. The first-order valence-electron chi connectivity index (χ1n) is 3.27. The zero-order valence-electron chi connectivity index (χ0n) is 6.40. The lowest BCUT2D eigenvalue weighted by atomic mass is 10.2. The summed E-state index contributed by atoms with van der Waals surface area (Å²) in [5, 5.41) is -0.807. The van der Waals surface area contributed by atoms with E-state index in [1.807, 2.05) is 0 Å². The van der Waals surface area contributed by atoms with Crippen LogP contribution >= 0.6 is 43.5 Å². The lowest BCUT2D eigenvalue weighted by Crippen LogP contribution is -1.99. The molecule has 0 saturated heterocycles. The van der Waals surface area contributed by atoms with Gasteiger partial charge in [-0.15, -0.1) is 0 Å². The van der Waals surface area contributed by atoms with Crippen molar-refractivity contribution in [1.82, 2.24) is 4.98 Å². The highest BCUT2D eigenvalue weighted by molar-refractivity contribution is 9.13. The van der Waals surface area contributed by atoms with Crippen molar-refractivity contribution in [3.8, 4) is 0 Å². The van der Waals surface area contributed by atoms with Crippen molar-refractivity contribution in [3.05, 3.63) is 26.4 Å². The fraction of sp³-hybridized carbons (Fsp3) is 0.143. The second kappa shape index (κ2) is 4.63. The molecule has 0 radical (unpaired) electrons. The maximum Gasteiger partial charge on any atom is 0.272 e. The SMILES string of the molecule is O=C(Cl)c1ncc(C(F)F)c(Br)c1Br. The number of alkyl halides is 2. The number of halogens is 5. The minimum absolute atomic E-state index is 0.0894. The predicted octanol–water partition coefficient (Wildman–Crippen LogP) is 3.92. The third kappa shape index (κ3) is 2.29. The first-order valence-corrected chi connectivity index (χ1v) is 5.23. The van der Waals surface area contributed by atoms with E-state index in [4.69, 9.17) is 11.6 Å². The van der Waals surface area contributed by atoms with Crippen molar-refractivity contribution in [3.63, 3.8) is 0 Å². The summed E-state index contributed by atoms with van der Waals surface area (Å²) in [6, 6.07) is 0. The Morgan fingerprint density at radius 2 is 2.00 bits per heavy atom. The smallest absolute Gasteiger partial charge is 0.272 e. The monoisotopic (exact) mass is 347 g/mol. The number of hydrogen-bond acceptors (Lipinski definition) is 2. The van der Waals surface area contributed by atoms with Crippen LogP contribution in [0.25, 0.3) is 0 Å². The Balaban J connectivity index is 3.33. The van der Waals surface area contributed by atoms with Crippen molar-refractivity contribution in [2.45, 2.75) is 6.43 Å². The summed E-state index contributed by atoms with van der Waals surface area (Å²) >= 11 is 11.0. The van der Waals surface area contributed by atoms with Gasteiger partial charge in [0.2, 0.25) is 0 Å². The van der Waals surface area contributed by atoms with Gasteiger partial charge in [0.25, 0.3) is 11.7 Å². The lowest BCUT2D eigenvalue weighted by molar-refractivity contribution is 0.107. The zero-order valence-corrected chi connectivity index (χ0v) is 10.3. The number of nitrogens with zero attached hydrogens (tertiary/aromatic N) is 1. The Hall–Kier alpha value is -0.0700. The summed E-state index contributed by atoms with van der Waals surface area (Å²) in [6.07, 6.45) is -1.75. The molecule has 0 aliphatic carbocycles. The molecule has 0 saturated carbocycles. The normalized spacial score (nSPS) is 10.7. The highest BCUT2D eigenvalue weighted by atomic mass is 79.9. The van der Waals surface area contributed by atoms with Crippen LogP contribution in [0.2, 0.25) is 0 Å². The summed E-state index contributed by atoms with van der Waals surface area (Å²) in [5.74, 6) is 0. The van der Waals surface area contributed by atoms with E-state index in [2.05, 4.69) is 36.8 Å². The Morgan fingerprint density at radius 3 is 2.43 bits per heavy atom. The third-order valence-electron chi connectivity index (χ3n) is 1.41. The van der Waals surface area contributed by atoms with Crippen molar-refractivity contribution >= 4 is 48.7 Å². The van der Waals surface area contributed by atoms with Crippen LogP contribution in [0.5, 0.6) is 0 Å². The molecule has 0 aromatic carbocycles. The van der Waals surface area contributed by atoms with Crippen LogP contribution in [0.1, 0.15) is 22.5 Å². The molecule has 0 N–H and O–H groups in total. The standard InChI is InChI=1S/C7H2Br2ClF2NO/c8-3-2(7(11)12)1-13-5(4(3)9)6(10)14/h1,7H. The minimum Gasteiger partial charge on any atom is -0.274 e. The van der Waals surface area contributed by atoms with Crippen molar-refractivity contribution in [1.29, 1.82) is 0 Å². The van der Waals surface area contributed by atoms with E-state index in [0.29, 0.717) is 0 Å². The van der Waals surface area contributed by atoms with Crippen LogP contribution in [0.4, 0.5) is 8.78 Å². The maximum atomic E-state index is 12.3. The molecule has 0 aliphatic rings. The fourth-order valence-electron chi connectivity index (χ4n) is 0.767. The van der Waals surface area contributed by atoms with Crippen LogP contribution in [0.3, 0.4) is 0 Å². The summed E-state index contributed by atoms with van der Waals surface area (Å²) in [4.78, 5) is 14.3. The van der Waals surface area contributed by atoms with Crippen LogP contribution in [0, 0.1) is 0 Å². The predicted molar refractivity (Wildman–Crippen MR) is 54.8 cm³/mol. The molecule has 14 heavy (non-hydrogen) atoms. The number of aromatic nitrogens is 1. The van der Waals surface area contributed by atoms with Gasteiger partial charge in [0, 0.05) is 10.7 Å². The Bertz CT molecular complexity index is 386. The summed E-state index contributed by atoms with van der Waals surface area (Å²) in [7, 11) is 0. The number of rotatable bonds is 2. The van der Waals surface area contributed by atoms with Gasteiger partial charge in [0.1, 0.15) is 5.69 Å². The van der Waals surface area contributed by atoms with E-state index in [9.17, 15) is 13.6 Å². The molecule has 1 aromatic heterocycles. The fourth-order valence-corrected chi connectivity index (χ4v) is 2.00. The van der Waals surface area contributed by atoms with Crippen molar-refractivity contribution in [2.24, 2.45) is 0 Å². The summed E-state index contributed by atoms with van der Waals surface area (Å²) in [5.41, 5.74) is -0.388. The van der Waals surface area contributed by atoms with Crippen LogP contribution in [-0.2, 0) is 0 Å². The van der Waals surface area contributed by atoms with Gasteiger partial charge in [-0.1, -0.05) is 0 Å². The van der Waals surface area contributed by atoms with E-state index in [-0.39, 0.29) is 20.2 Å². The van der Waals surface area contributed by atoms with Gasteiger partial charge >= 0.3 is 0 Å². The van der Waals surface area contributed by atoms with E-state index in [0.717, 1.165) is 6.20 Å². The Morgan fingerprint density at radius 1 is 1.43 bits per heavy atom. The molecule has 1 aromatic rings. The number of carbonyl (C=O) groups is 1. The van der Waals surface area contributed by atoms with Crippen LogP contribution in [-0.4, -0.2) is 10.2 Å². The lowest BCUT2D eigenvalue weighted by Gasteiger charge is -2.06. The molecule has 0 aliphatic heterocycles. The number of pyridine rings is 1. The van der Waals surface area contributed by atoms with E-state index < -0.39 is 11.7 Å². The van der Waals surface area contributed by atoms with E-state index >= 15 is 0 Å². The largest absolute Gasteiger partial charge is 0.274 e. The van der Waals surface area contributed by atoms with Crippen molar-refractivity contribution in [2.75, 3.05) is 0 Å². The molecule has 7 heteroatoms. The average Bonchev–Trinajstić information content (AvgIpc) is 2.08. The quantitative estimate of drug-likeness (QED) is 0.758. The molecule has 2 nitrogen and oxygen atoms in total. The Kier molecular flexibility index (Phi) is 3.97. The number of carbonyl (C=O) groups excluding carboxylic acids is 1. The Labute approximate surface area is 99.9 Å². The second-order valence-corrected chi connectivity index (χ2v) is 4.19. The van der Waals surface area contributed by atoms with Gasteiger partial charge in [0.15, 0.2) is 0 Å². The van der Waals surface area contributed by atoms with E-state index in [1.54, 1.807) is 0 Å². The number of hydrogen-bond donors (Lipinski definition) is 0. The minimum atomic E-state index is -2.66. The molecule has 0 amide bonds. The van der Waals surface area contributed by atoms with Gasteiger partial charge in [-0.3, -0.25) is 4.79 Å². The topological polar surface area (TPSA) is 30.0 Å². The third-order valence-corrected chi connectivity index (χ3v) is 3.75. The summed E-state index contributed by atoms with van der Waals surface area (Å²) < 4.78 is 24.9.